The molecule has 0 aromatic heterocycles. The van der Waals surface area contributed by atoms with Crippen molar-refractivity contribution in [3.8, 4) is 11.5 Å². The first-order valence-electron chi connectivity index (χ1n) is 5.86. The Bertz CT molecular complexity index is 349. The van der Waals surface area contributed by atoms with Gasteiger partial charge in [0.15, 0.2) is 0 Å². The van der Waals surface area contributed by atoms with Gasteiger partial charge in [0.1, 0.15) is 11.5 Å². The first-order valence-corrected chi connectivity index (χ1v) is 5.86. The van der Waals surface area contributed by atoms with Crippen LogP contribution in [0.2, 0.25) is 0 Å². The normalized spacial score (nSPS) is 13.3. The van der Waals surface area contributed by atoms with Gasteiger partial charge in [-0.15, -0.1) is 0 Å². The Morgan fingerprint density at radius 3 is 2.00 bits per heavy atom. The Morgan fingerprint density at radius 1 is 1.18 bits per heavy atom. The zero-order valence-electron chi connectivity index (χ0n) is 11.3. The molecule has 0 aliphatic carbocycles. The third-order valence-corrected chi connectivity index (χ3v) is 3.39. The topological polar surface area (TPSA) is 38.7 Å². The van der Waals surface area contributed by atoms with Crippen molar-refractivity contribution >= 4 is 0 Å². The summed E-state index contributed by atoms with van der Waals surface area (Å²) >= 11 is 0. The molecule has 1 unspecified atom stereocenters. The van der Waals surface area contributed by atoms with Gasteiger partial charge < -0.3 is 14.6 Å². The number of methoxy groups -OCH3 is 2. The molecule has 0 fully saturated rings. The summed E-state index contributed by atoms with van der Waals surface area (Å²) in [5.74, 6) is 1.33. The van der Waals surface area contributed by atoms with Gasteiger partial charge in [0, 0.05) is 0 Å². The van der Waals surface area contributed by atoms with E-state index in [4.69, 9.17) is 9.47 Å². The minimum Gasteiger partial charge on any atom is -0.496 e. The number of hydrogen-bond acceptors (Lipinski definition) is 3. The quantitative estimate of drug-likeness (QED) is 0.856. The highest BCUT2D eigenvalue weighted by Crippen LogP contribution is 2.44. The molecule has 96 valence electrons. The fourth-order valence-electron chi connectivity index (χ4n) is 1.73. The predicted octanol–water partition coefficient (Wildman–Crippen LogP) is 3.17. The zero-order chi connectivity index (χ0) is 13.1. The Hall–Kier alpha value is -1.22. The van der Waals surface area contributed by atoms with Crippen LogP contribution in [0.25, 0.3) is 0 Å². The van der Waals surface area contributed by atoms with Gasteiger partial charge in [0.25, 0.3) is 0 Å². The highest BCUT2D eigenvalue weighted by atomic mass is 16.5. The molecule has 0 amide bonds. The molecule has 0 heterocycles. The number of benzene rings is 1. The van der Waals surface area contributed by atoms with Crippen LogP contribution in [0.4, 0.5) is 0 Å². The second-order valence-corrected chi connectivity index (χ2v) is 4.82. The number of rotatable bonds is 5. The van der Waals surface area contributed by atoms with Crippen molar-refractivity contribution in [1.82, 2.24) is 0 Å². The molecule has 0 bridgehead atoms. The van der Waals surface area contributed by atoms with E-state index >= 15 is 0 Å². The van der Waals surface area contributed by atoms with Gasteiger partial charge in [-0.25, -0.2) is 0 Å². The van der Waals surface area contributed by atoms with Crippen LogP contribution in [0.5, 0.6) is 11.5 Å². The van der Waals surface area contributed by atoms with Crippen molar-refractivity contribution < 1.29 is 14.6 Å². The van der Waals surface area contributed by atoms with Gasteiger partial charge >= 0.3 is 0 Å². The van der Waals surface area contributed by atoms with Crippen molar-refractivity contribution in [2.24, 2.45) is 5.41 Å². The standard InChI is InChI=1S/C14H22O3/c1-6-14(2,3)13(15)12-10(16-4)8-7-9-11(12)17-5/h7-9,13,15H,6H2,1-5H3. The van der Waals surface area contributed by atoms with Crippen LogP contribution in [0, 0.1) is 5.41 Å². The van der Waals surface area contributed by atoms with Crippen molar-refractivity contribution in [3.63, 3.8) is 0 Å². The maximum absolute atomic E-state index is 10.5. The van der Waals surface area contributed by atoms with Crippen molar-refractivity contribution in [2.75, 3.05) is 14.2 Å². The van der Waals surface area contributed by atoms with E-state index in [1.54, 1.807) is 14.2 Å². The average Bonchev–Trinajstić information content (AvgIpc) is 2.36. The lowest BCUT2D eigenvalue weighted by Crippen LogP contribution is -2.22. The minimum atomic E-state index is -0.612. The fourth-order valence-corrected chi connectivity index (χ4v) is 1.73. The van der Waals surface area contributed by atoms with Crippen LogP contribution in [0.15, 0.2) is 18.2 Å². The molecule has 1 rings (SSSR count). The first kappa shape index (κ1) is 13.8. The van der Waals surface area contributed by atoms with Crippen LogP contribution in [-0.4, -0.2) is 19.3 Å². The van der Waals surface area contributed by atoms with Gasteiger partial charge in [-0.05, 0) is 24.0 Å². The summed E-state index contributed by atoms with van der Waals surface area (Å²) in [6.45, 7) is 6.12. The molecule has 1 N–H and O–H groups in total. The van der Waals surface area contributed by atoms with E-state index in [-0.39, 0.29) is 5.41 Å². The monoisotopic (exact) mass is 238 g/mol. The summed E-state index contributed by atoms with van der Waals surface area (Å²) in [6.07, 6.45) is 0.258. The van der Waals surface area contributed by atoms with Crippen molar-refractivity contribution in [1.29, 1.82) is 0 Å². The molecule has 1 aromatic carbocycles. The van der Waals surface area contributed by atoms with E-state index in [2.05, 4.69) is 6.92 Å². The number of ether oxygens (including phenoxy) is 2. The van der Waals surface area contributed by atoms with Crippen LogP contribution >= 0.6 is 0 Å². The number of aliphatic hydroxyl groups excluding tert-OH is 1. The van der Waals surface area contributed by atoms with Gasteiger partial charge in [-0.3, -0.25) is 0 Å². The molecule has 1 aromatic rings. The van der Waals surface area contributed by atoms with Crippen LogP contribution in [0.3, 0.4) is 0 Å². The van der Waals surface area contributed by atoms with E-state index in [0.29, 0.717) is 11.5 Å². The van der Waals surface area contributed by atoms with Gasteiger partial charge in [-0.1, -0.05) is 26.8 Å². The van der Waals surface area contributed by atoms with E-state index in [9.17, 15) is 5.11 Å². The Balaban J connectivity index is 3.27. The summed E-state index contributed by atoms with van der Waals surface area (Å²) in [5, 5.41) is 10.5. The molecule has 3 heteroatoms. The van der Waals surface area contributed by atoms with E-state index in [1.165, 1.54) is 0 Å². The molecule has 0 saturated heterocycles. The lowest BCUT2D eigenvalue weighted by atomic mass is 9.80. The second kappa shape index (κ2) is 5.41. The summed E-state index contributed by atoms with van der Waals surface area (Å²) in [7, 11) is 3.20. The highest BCUT2D eigenvalue weighted by Gasteiger charge is 2.31. The van der Waals surface area contributed by atoms with Crippen LogP contribution in [-0.2, 0) is 0 Å². The molecule has 0 spiro atoms. The highest BCUT2D eigenvalue weighted by molar-refractivity contribution is 5.46. The molecule has 3 nitrogen and oxygen atoms in total. The summed E-state index contributed by atoms with van der Waals surface area (Å²) < 4.78 is 10.6. The third-order valence-electron chi connectivity index (χ3n) is 3.39. The largest absolute Gasteiger partial charge is 0.496 e. The maximum Gasteiger partial charge on any atom is 0.128 e. The first-order chi connectivity index (χ1) is 7.97. The summed E-state index contributed by atoms with van der Waals surface area (Å²) in [6, 6.07) is 5.53. The zero-order valence-corrected chi connectivity index (χ0v) is 11.3. The number of aliphatic hydroxyl groups is 1. The lowest BCUT2D eigenvalue weighted by molar-refractivity contribution is 0.0424. The maximum atomic E-state index is 10.5. The van der Waals surface area contributed by atoms with Crippen LogP contribution in [0.1, 0.15) is 38.9 Å². The molecule has 1 atom stereocenters. The van der Waals surface area contributed by atoms with Crippen molar-refractivity contribution in [2.45, 2.75) is 33.3 Å². The van der Waals surface area contributed by atoms with Crippen molar-refractivity contribution in [3.05, 3.63) is 23.8 Å². The molecule has 0 aliphatic heterocycles. The van der Waals surface area contributed by atoms with E-state index in [1.807, 2.05) is 32.0 Å². The molecule has 0 saturated carbocycles. The third kappa shape index (κ3) is 2.72. The summed E-state index contributed by atoms with van der Waals surface area (Å²) in [4.78, 5) is 0. The van der Waals surface area contributed by atoms with E-state index < -0.39 is 6.10 Å². The smallest absolute Gasteiger partial charge is 0.128 e. The minimum absolute atomic E-state index is 0.220. The molecule has 17 heavy (non-hydrogen) atoms. The summed E-state index contributed by atoms with van der Waals surface area (Å²) in [5.41, 5.74) is 0.506. The van der Waals surface area contributed by atoms with E-state index in [0.717, 1.165) is 12.0 Å². The second-order valence-electron chi connectivity index (χ2n) is 4.82. The molecular weight excluding hydrogens is 216 g/mol. The Labute approximate surface area is 103 Å². The molecular formula is C14H22O3. The number of hydrogen-bond donors (Lipinski definition) is 1. The Kier molecular flexibility index (Phi) is 4.40. The van der Waals surface area contributed by atoms with Crippen LogP contribution < -0.4 is 9.47 Å². The fraction of sp³-hybridized carbons (Fsp3) is 0.571. The molecule has 0 radical (unpaired) electrons. The average molecular weight is 238 g/mol. The van der Waals surface area contributed by atoms with Gasteiger partial charge in [-0.2, -0.15) is 0 Å². The SMILES string of the molecule is CCC(C)(C)C(O)c1c(OC)cccc1OC. The lowest BCUT2D eigenvalue weighted by Gasteiger charge is -2.31. The predicted molar refractivity (Wildman–Crippen MR) is 68.6 cm³/mol. The van der Waals surface area contributed by atoms with Gasteiger partial charge in [0.2, 0.25) is 0 Å². The Morgan fingerprint density at radius 2 is 1.65 bits per heavy atom. The van der Waals surface area contributed by atoms with Gasteiger partial charge in [0.05, 0.1) is 25.9 Å². The molecule has 0 aliphatic rings.